The molecule has 2 aromatic carbocycles. The number of rotatable bonds is 6. The number of nitrogens with one attached hydrogen (secondary N) is 2. The van der Waals surface area contributed by atoms with Gasteiger partial charge in [0.2, 0.25) is 11.6 Å². The number of Topliss-reactive ketones (excluding diaryl/α,β-unsaturated/α-hetero) is 2. The Labute approximate surface area is 204 Å². The van der Waals surface area contributed by atoms with Gasteiger partial charge in [0.25, 0.3) is 0 Å². The van der Waals surface area contributed by atoms with Crippen LogP contribution in [0.4, 0.5) is 0 Å². The molecule has 0 radical (unpaired) electrons. The number of methoxy groups -OCH3 is 4. The van der Waals surface area contributed by atoms with Crippen LogP contribution in [-0.2, 0) is 9.59 Å². The van der Waals surface area contributed by atoms with Crippen molar-refractivity contribution in [1.82, 2.24) is 9.97 Å². The first-order valence-corrected chi connectivity index (χ1v) is 10.8. The smallest absolute Gasteiger partial charge is 0.232 e. The first-order chi connectivity index (χ1) is 17.3. The van der Waals surface area contributed by atoms with E-state index < -0.39 is 23.1 Å². The summed E-state index contributed by atoms with van der Waals surface area (Å²) in [6.45, 7) is 0. The molecule has 0 fully saturated rings. The van der Waals surface area contributed by atoms with Crippen molar-refractivity contribution in [1.29, 1.82) is 0 Å². The number of hydrogen-bond donors (Lipinski definition) is 4. The highest BCUT2D eigenvalue weighted by molar-refractivity contribution is 6.48. The zero-order valence-electron chi connectivity index (χ0n) is 19.8. The van der Waals surface area contributed by atoms with E-state index in [1.807, 2.05) is 0 Å². The van der Waals surface area contributed by atoms with Gasteiger partial charge in [-0.05, 0) is 0 Å². The van der Waals surface area contributed by atoms with Crippen LogP contribution in [0.1, 0.15) is 11.1 Å². The molecule has 0 spiro atoms. The molecule has 0 saturated heterocycles. The van der Waals surface area contributed by atoms with Gasteiger partial charge in [-0.2, -0.15) is 0 Å². The second kappa shape index (κ2) is 8.42. The van der Waals surface area contributed by atoms with Gasteiger partial charge in [-0.25, -0.2) is 0 Å². The number of hydrogen-bond acceptors (Lipinski definition) is 8. The third kappa shape index (κ3) is 3.18. The molecule has 0 unspecified atom stereocenters. The lowest BCUT2D eigenvalue weighted by Crippen LogP contribution is -2.22. The Morgan fingerprint density at radius 2 is 1.00 bits per heavy atom. The van der Waals surface area contributed by atoms with E-state index in [2.05, 4.69) is 9.97 Å². The minimum absolute atomic E-state index is 0.201. The normalized spacial score (nSPS) is 14.2. The van der Waals surface area contributed by atoms with Crippen LogP contribution in [0.5, 0.6) is 23.0 Å². The number of allylic oxidation sites excluding steroid dienone is 2. The van der Waals surface area contributed by atoms with Crippen LogP contribution in [0.15, 0.2) is 48.2 Å². The molecule has 36 heavy (non-hydrogen) atoms. The summed E-state index contributed by atoms with van der Waals surface area (Å²) in [5.41, 5.74) is 0.811. The van der Waals surface area contributed by atoms with Crippen molar-refractivity contribution in [2.75, 3.05) is 28.4 Å². The maximum atomic E-state index is 13.4. The van der Waals surface area contributed by atoms with E-state index >= 15 is 0 Å². The lowest BCUT2D eigenvalue weighted by molar-refractivity contribution is -0.116. The van der Waals surface area contributed by atoms with Crippen LogP contribution < -0.4 is 18.9 Å². The molecule has 10 heteroatoms. The minimum atomic E-state index is -0.914. The highest BCUT2D eigenvalue weighted by atomic mass is 16.5. The Hall–Kier alpha value is -4.86. The number of carbonyl (C=O) groups is 2. The summed E-state index contributed by atoms with van der Waals surface area (Å²) in [5, 5.41) is 22.9. The Morgan fingerprint density at radius 3 is 1.33 bits per heavy atom. The highest BCUT2D eigenvalue weighted by Gasteiger charge is 2.39. The number of H-pyrrole nitrogens is 2. The van der Waals surface area contributed by atoms with Crippen molar-refractivity contribution in [2.45, 2.75) is 0 Å². The van der Waals surface area contributed by atoms with E-state index in [1.165, 1.54) is 40.8 Å². The zero-order chi connectivity index (χ0) is 25.7. The van der Waals surface area contributed by atoms with Gasteiger partial charge in [0.15, 0.2) is 11.5 Å². The average molecular weight is 490 g/mol. The molecule has 0 bridgehead atoms. The van der Waals surface area contributed by atoms with Crippen molar-refractivity contribution in [3.8, 4) is 23.0 Å². The second-order valence-corrected chi connectivity index (χ2v) is 8.01. The number of ketones is 2. The SMILES string of the molecule is COc1cc(OC)c2c(C3=C(O)C(=O)C(c4c[nH]c5cc(OC)cc(OC)c45)=C(O)C3=O)c[nH]c2c1. The number of benzene rings is 2. The molecule has 0 amide bonds. The maximum absolute atomic E-state index is 13.4. The molecule has 0 saturated carbocycles. The number of carbonyl (C=O) groups excluding carboxylic acids is 2. The predicted octanol–water partition coefficient (Wildman–Crippen LogP) is 4.07. The molecule has 4 N–H and O–H groups in total. The van der Waals surface area contributed by atoms with E-state index in [-0.39, 0.29) is 22.3 Å². The van der Waals surface area contributed by atoms with E-state index in [0.29, 0.717) is 44.8 Å². The van der Waals surface area contributed by atoms with Crippen LogP contribution in [0.2, 0.25) is 0 Å². The molecule has 2 heterocycles. The molecule has 2 aromatic heterocycles. The molecule has 0 aliphatic heterocycles. The van der Waals surface area contributed by atoms with E-state index in [4.69, 9.17) is 18.9 Å². The summed E-state index contributed by atoms with van der Waals surface area (Å²) in [6.07, 6.45) is 2.92. The fourth-order valence-corrected chi connectivity index (χ4v) is 4.54. The van der Waals surface area contributed by atoms with Crippen LogP contribution in [0.25, 0.3) is 33.0 Å². The van der Waals surface area contributed by atoms with Gasteiger partial charge < -0.3 is 39.1 Å². The van der Waals surface area contributed by atoms with Crippen molar-refractivity contribution in [3.05, 3.63) is 59.3 Å². The van der Waals surface area contributed by atoms with Gasteiger partial charge in [-0.3, -0.25) is 9.59 Å². The van der Waals surface area contributed by atoms with Crippen LogP contribution in [0.3, 0.4) is 0 Å². The summed E-state index contributed by atoms with van der Waals surface area (Å²) < 4.78 is 21.4. The fourth-order valence-electron chi connectivity index (χ4n) is 4.54. The summed E-state index contributed by atoms with van der Waals surface area (Å²) in [4.78, 5) is 32.8. The number of aromatic nitrogens is 2. The molecule has 184 valence electrons. The van der Waals surface area contributed by atoms with Gasteiger partial charge >= 0.3 is 0 Å². The van der Waals surface area contributed by atoms with E-state index in [1.54, 1.807) is 24.3 Å². The molecule has 5 rings (SSSR count). The van der Waals surface area contributed by atoms with Gasteiger partial charge in [-0.15, -0.1) is 0 Å². The lowest BCUT2D eigenvalue weighted by Gasteiger charge is -2.18. The molecule has 4 aromatic rings. The number of aromatic amines is 2. The van der Waals surface area contributed by atoms with Gasteiger partial charge in [-0.1, -0.05) is 0 Å². The molecule has 1 aliphatic carbocycles. The van der Waals surface area contributed by atoms with Crippen LogP contribution in [-0.4, -0.2) is 60.2 Å². The van der Waals surface area contributed by atoms with Gasteiger partial charge in [0, 0.05) is 58.6 Å². The Bertz CT molecular complexity index is 1510. The maximum Gasteiger partial charge on any atom is 0.232 e. The summed E-state index contributed by atoms with van der Waals surface area (Å²) in [5.74, 6) is -1.71. The average Bonchev–Trinajstić information content (AvgIpc) is 3.51. The number of fused-ring (bicyclic) bond motifs is 2. The van der Waals surface area contributed by atoms with Crippen molar-refractivity contribution in [3.63, 3.8) is 0 Å². The van der Waals surface area contributed by atoms with Gasteiger partial charge in [0.05, 0.1) is 50.6 Å². The first kappa shape index (κ1) is 22.9. The van der Waals surface area contributed by atoms with E-state index in [0.717, 1.165) is 0 Å². The molecular weight excluding hydrogens is 468 g/mol. The second-order valence-electron chi connectivity index (χ2n) is 8.01. The fraction of sp³-hybridized carbons (Fsp3) is 0.154. The van der Waals surface area contributed by atoms with Crippen LogP contribution in [0, 0.1) is 0 Å². The first-order valence-electron chi connectivity index (χ1n) is 10.8. The number of ether oxygens (including phenoxy) is 4. The zero-order valence-corrected chi connectivity index (χ0v) is 19.8. The van der Waals surface area contributed by atoms with Crippen molar-refractivity contribution < 1.29 is 38.7 Å². The monoisotopic (exact) mass is 490 g/mol. The number of aliphatic hydroxyl groups excluding tert-OH is 2. The van der Waals surface area contributed by atoms with Crippen molar-refractivity contribution >= 4 is 44.5 Å². The third-order valence-corrected chi connectivity index (χ3v) is 6.24. The Balaban J connectivity index is 1.70. The molecule has 10 nitrogen and oxygen atoms in total. The minimum Gasteiger partial charge on any atom is -0.504 e. The molecule has 0 atom stereocenters. The predicted molar refractivity (Wildman–Crippen MR) is 132 cm³/mol. The van der Waals surface area contributed by atoms with Crippen LogP contribution >= 0.6 is 0 Å². The molecular formula is C26H22N2O8. The van der Waals surface area contributed by atoms with Gasteiger partial charge in [0.1, 0.15) is 23.0 Å². The lowest BCUT2D eigenvalue weighted by atomic mass is 9.85. The third-order valence-electron chi connectivity index (χ3n) is 6.24. The topological polar surface area (TPSA) is 143 Å². The largest absolute Gasteiger partial charge is 0.504 e. The summed E-state index contributed by atoms with van der Waals surface area (Å²) in [6, 6.07) is 6.59. The van der Waals surface area contributed by atoms with E-state index in [9.17, 15) is 19.8 Å². The van der Waals surface area contributed by atoms with Crippen molar-refractivity contribution in [2.24, 2.45) is 0 Å². The quantitative estimate of drug-likeness (QED) is 0.296. The summed E-state index contributed by atoms with van der Waals surface area (Å²) in [7, 11) is 5.90. The standard InChI is InChI=1S/C26H22N2O8/c1-33-11-5-15-19(17(7-11)35-3)13(9-27-15)21-23(29)25(31)22(26(32)24(21)30)14-10-28-16-6-12(34-2)8-18(36-4)20(14)16/h5-10,27-29,32H,1-4H3. The Kier molecular flexibility index (Phi) is 5.36. The Morgan fingerprint density at radius 1 is 0.611 bits per heavy atom. The number of aliphatic hydroxyl groups is 2. The molecule has 1 aliphatic rings. The highest BCUT2D eigenvalue weighted by Crippen LogP contribution is 2.43. The summed E-state index contributed by atoms with van der Waals surface area (Å²) >= 11 is 0.